The Labute approximate surface area is 109 Å². The summed E-state index contributed by atoms with van der Waals surface area (Å²) in [5.74, 6) is 0. The predicted molar refractivity (Wildman–Crippen MR) is 63.8 cm³/mol. The number of alkyl halides is 3. The first kappa shape index (κ1) is 13.7. The van der Waals surface area contributed by atoms with Crippen molar-refractivity contribution in [1.82, 2.24) is 0 Å². The largest absolute Gasteiger partial charge is 0.417 e. The molecule has 2 rings (SSSR count). The molecule has 0 atom stereocenters. The van der Waals surface area contributed by atoms with E-state index in [1.54, 1.807) is 12.1 Å². The number of anilines is 1. The van der Waals surface area contributed by atoms with E-state index in [0.29, 0.717) is 32.0 Å². The maximum Gasteiger partial charge on any atom is 0.417 e. The summed E-state index contributed by atoms with van der Waals surface area (Å²) in [4.78, 5) is 1.85. The molecule has 0 saturated carbocycles. The van der Waals surface area contributed by atoms with E-state index in [1.807, 2.05) is 4.90 Å². The molecule has 0 bridgehead atoms. The molecule has 19 heavy (non-hydrogen) atoms. The Morgan fingerprint density at radius 3 is 2.68 bits per heavy atom. The van der Waals surface area contributed by atoms with Crippen molar-refractivity contribution in [2.75, 3.05) is 31.2 Å². The number of rotatable bonds is 1. The normalized spacial score (nSPS) is 16.8. The number of hydrogen-bond acceptors (Lipinski definition) is 3. The summed E-state index contributed by atoms with van der Waals surface area (Å²) < 4.78 is 43.9. The van der Waals surface area contributed by atoms with E-state index < -0.39 is 11.7 Å². The van der Waals surface area contributed by atoms with Crippen molar-refractivity contribution in [2.24, 2.45) is 0 Å². The van der Waals surface area contributed by atoms with E-state index in [9.17, 15) is 13.2 Å². The van der Waals surface area contributed by atoms with Crippen LogP contribution >= 0.6 is 0 Å². The van der Waals surface area contributed by atoms with E-state index in [4.69, 9.17) is 10.00 Å². The van der Waals surface area contributed by atoms with Gasteiger partial charge in [-0.2, -0.15) is 18.4 Å². The van der Waals surface area contributed by atoms with Crippen molar-refractivity contribution < 1.29 is 17.9 Å². The van der Waals surface area contributed by atoms with Crippen molar-refractivity contribution >= 4 is 5.69 Å². The van der Waals surface area contributed by atoms with Gasteiger partial charge >= 0.3 is 6.18 Å². The highest BCUT2D eigenvalue weighted by Gasteiger charge is 2.34. The van der Waals surface area contributed by atoms with E-state index in [2.05, 4.69) is 0 Å². The zero-order valence-corrected chi connectivity index (χ0v) is 10.2. The Hall–Kier alpha value is -1.74. The Balaban J connectivity index is 2.35. The zero-order chi connectivity index (χ0) is 13.9. The van der Waals surface area contributed by atoms with Crippen LogP contribution in [0.3, 0.4) is 0 Å². The van der Waals surface area contributed by atoms with Crippen molar-refractivity contribution in [3.8, 4) is 6.07 Å². The fourth-order valence-corrected chi connectivity index (χ4v) is 2.07. The van der Waals surface area contributed by atoms with Crippen molar-refractivity contribution in [1.29, 1.82) is 5.26 Å². The molecule has 3 nitrogen and oxygen atoms in total. The molecular weight excluding hydrogens is 257 g/mol. The minimum Gasteiger partial charge on any atom is -0.380 e. The number of ether oxygens (including phenoxy) is 1. The van der Waals surface area contributed by atoms with Crippen molar-refractivity contribution in [3.05, 3.63) is 29.3 Å². The second kappa shape index (κ2) is 5.49. The Morgan fingerprint density at radius 1 is 1.21 bits per heavy atom. The minimum absolute atomic E-state index is 0.345. The topological polar surface area (TPSA) is 36.3 Å². The molecule has 6 heteroatoms. The average molecular weight is 270 g/mol. The van der Waals surface area contributed by atoms with Gasteiger partial charge in [0.25, 0.3) is 0 Å². The molecule has 1 fully saturated rings. The lowest BCUT2D eigenvalue weighted by atomic mass is 10.1. The Morgan fingerprint density at radius 2 is 2.00 bits per heavy atom. The highest BCUT2D eigenvalue weighted by Crippen LogP contribution is 2.34. The smallest absolute Gasteiger partial charge is 0.380 e. The molecule has 1 aliphatic rings. The average Bonchev–Trinajstić information content (AvgIpc) is 2.66. The second-order valence-electron chi connectivity index (χ2n) is 4.29. The van der Waals surface area contributed by atoms with Gasteiger partial charge in [-0.05, 0) is 24.6 Å². The molecular formula is C13H13F3N2O. The lowest BCUT2D eigenvalue weighted by Crippen LogP contribution is -2.26. The molecule has 1 heterocycles. The third kappa shape index (κ3) is 3.18. The highest BCUT2D eigenvalue weighted by molar-refractivity contribution is 5.54. The first-order chi connectivity index (χ1) is 9.02. The molecule has 1 aromatic rings. The Kier molecular flexibility index (Phi) is 3.96. The van der Waals surface area contributed by atoms with Gasteiger partial charge in [0.1, 0.15) is 0 Å². The number of hydrogen-bond donors (Lipinski definition) is 0. The number of nitriles is 1. The summed E-state index contributed by atoms with van der Waals surface area (Å²) in [5.41, 5.74) is -0.739. The van der Waals surface area contributed by atoms with Crippen LogP contribution in [0.4, 0.5) is 18.9 Å². The van der Waals surface area contributed by atoms with Gasteiger partial charge in [-0.25, -0.2) is 0 Å². The maximum absolute atomic E-state index is 12.9. The van der Waals surface area contributed by atoms with E-state index in [1.165, 1.54) is 6.07 Å². The summed E-state index contributed by atoms with van der Waals surface area (Å²) in [6.07, 6.45) is -3.73. The Bertz CT molecular complexity index is 486. The summed E-state index contributed by atoms with van der Waals surface area (Å²) >= 11 is 0. The summed E-state index contributed by atoms with van der Waals surface area (Å²) in [6, 6.07) is 5.41. The van der Waals surface area contributed by atoms with Crippen molar-refractivity contribution in [2.45, 2.75) is 12.6 Å². The molecule has 0 spiro atoms. The molecule has 0 unspecified atom stereocenters. The molecule has 1 aliphatic heterocycles. The van der Waals surface area contributed by atoms with Gasteiger partial charge in [-0.1, -0.05) is 0 Å². The molecule has 0 aliphatic carbocycles. The third-order valence-electron chi connectivity index (χ3n) is 3.02. The molecule has 0 aromatic heterocycles. The quantitative estimate of drug-likeness (QED) is 0.787. The van der Waals surface area contributed by atoms with Crippen LogP contribution in [0.1, 0.15) is 17.5 Å². The molecule has 1 saturated heterocycles. The third-order valence-corrected chi connectivity index (χ3v) is 3.02. The molecule has 102 valence electrons. The first-order valence-corrected chi connectivity index (χ1v) is 5.96. The molecule has 1 aromatic carbocycles. The monoisotopic (exact) mass is 270 g/mol. The van der Waals surface area contributed by atoms with Gasteiger partial charge in [0.15, 0.2) is 0 Å². The van der Waals surface area contributed by atoms with Crippen LogP contribution in [0, 0.1) is 11.3 Å². The van der Waals surface area contributed by atoms with Crippen LogP contribution in [0.25, 0.3) is 0 Å². The fraction of sp³-hybridized carbons (Fsp3) is 0.462. The van der Waals surface area contributed by atoms with Gasteiger partial charge < -0.3 is 9.64 Å². The minimum atomic E-state index is -4.51. The predicted octanol–water partition coefficient (Wildman–Crippen LogP) is 2.80. The number of benzene rings is 1. The van der Waals surface area contributed by atoms with Crippen LogP contribution in [-0.4, -0.2) is 26.3 Å². The zero-order valence-electron chi connectivity index (χ0n) is 10.2. The van der Waals surface area contributed by atoms with E-state index in [-0.39, 0.29) is 5.56 Å². The van der Waals surface area contributed by atoms with Gasteiger partial charge in [0.05, 0.1) is 23.8 Å². The number of nitrogens with zero attached hydrogens (tertiary/aromatic N) is 2. The van der Waals surface area contributed by atoms with Crippen LogP contribution in [-0.2, 0) is 10.9 Å². The molecule has 0 amide bonds. The van der Waals surface area contributed by atoms with Crippen LogP contribution in [0.15, 0.2) is 18.2 Å². The van der Waals surface area contributed by atoms with E-state index in [0.717, 1.165) is 12.5 Å². The second-order valence-corrected chi connectivity index (χ2v) is 4.29. The van der Waals surface area contributed by atoms with Crippen LogP contribution < -0.4 is 4.90 Å². The molecule has 0 radical (unpaired) electrons. The van der Waals surface area contributed by atoms with Crippen LogP contribution in [0.2, 0.25) is 0 Å². The maximum atomic E-state index is 12.9. The summed E-state index contributed by atoms with van der Waals surface area (Å²) in [7, 11) is 0. The standard InChI is InChI=1S/C13H13F3N2O/c14-13(15,16)12-8-11(3-2-10(12)9-17)18-4-1-6-19-7-5-18/h2-3,8H,1,4-7H2. The highest BCUT2D eigenvalue weighted by atomic mass is 19.4. The van der Waals surface area contributed by atoms with Gasteiger partial charge in [-0.15, -0.1) is 0 Å². The summed E-state index contributed by atoms with van der Waals surface area (Å²) in [5, 5.41) is 8.74. The SMILES string of the molecule is N#Cc1ccc(N2CCCOCC2)cc1C(F)(F)F. The lowest BCUT2D eigenvalue weighted by Gasteiger charge is -2.23. The van der Waals surface area contributed by atoms with Crippen molar-refractivity contribution in [3.63, 3.8) is 0 Å². The lowest BCUT2D eigenvalue weighted by molar-refractivity contribution is -0.137. The molecule has 0 N–H and O–H groups in total. The van der Waals surface area contributed by atoms with Crippen LogP contribution in [0.5, 0.6) is 0 Å². The van der Waals surface area contributed by atoms with E-state index >= 15 is 0 Å². The summed E-state index contributed by atoms with van der Waals surface area (Å²) in [6.45, 7) is 2.34. The number of halogens is 3. The fourth-order valence-electron chi connectivity index (χ4n) is 2.07. The van der Waals surface area contributed by atoms with Gasteiger partial charge in [-0.3, -0.25) is 0 Å². The van der Waals surface area contributed by atoms with Gasteiger partial charge in [0.2, 0.25) is 0 Å². The first-order valence-electron chi connectivity index (χ1n) is 5.96. The van der Waals surface area contributed by atoms with Gasteiger partial charge in [0, 0.05) is 25.4 Å².